The van der Waals surface area contributed by atoms with E-state index < -0.39 is 0 Å². The molecule has 0 bridgehead atoms. The van der Waals surface area contributed by atoms with Crippen molar-refractivity contribution in [3.8, 4) is 0 Å². The second-order valence-corrected chi connectivity index (χ2v) is 5.58. The summed E-state index contributed by atoms with van der Waals surface area (Å²) in [7, 11) is 0. The number of nitrogens with zero attached hydrogens (tertiary/aromatic N) is 1. The van der Waals surface area contributed by atoms with E-state index in [1.807, 2.05) is 0 Å². The summed E-state index contributed by atoms with van der Waals surface area (Å²) >= 11 is 0. The summed E-state index contributed by atoms with van der Waals surface area (Å²) in [4.78, 5) is 2.65. The molecule has 0 amide bonds. The molecule has 1 aliphatic heterocycles. The number of rotatable bonds is 1. The van der Waals surface area contributed by atoms with Crippen LogP contribution in [0.15, 0.2) is 0 Å². The number of aliphatic hydroxyl groups is 1. The Bertz CT molecular complexity index is 202. The first-order valence-electron chi connectivity index (χ1n) is 6.04. The van der Waals surface area contributed by atoms with Crippen LogP contribution in [0.5, 0.6) is 0 Å². The number of aliphatic hydroxyl groups excluding tert-OH is 1. The van der Waals surface area contributed by atoms with Crippen LogP contribution < -0.4 is 0 Å². The second-order valence-electron chi connectivity index (χ2n) is 5.58. The molecule has 1 heterocycles. The maximum absolute atomic E-state index is 9.57. The monoisotopic (exact) mass is 197 g/mol. The Morgan fingerprint density at radius 3 is 2.57 bits per heavy atom. The number of hydrogen-bond acceptors (Lipinski definition) is 2. The highest BCUT2D eigenvalue weighted by atomic mass is 16.3. The third-order valence-corrected chi connectivity index (χ3v) is 4.03. The summed E-state index contributed by atoms with van der Waals surface area (Å²) in [5, 5.41) is 9.57. The van der Waals surface area contributed by atoms with E-state index in [1.165, 1.54) is 32.2 Å². The number of hydrogen-bond donors (Lipinski definition) is 1. The molecule has 0 aromatic heterocycles. The maximum Gasteiger partial charge on any atom is 0.0555 e. The predicted molar refractivity (Wildman–Crippen MR) is 58.3 cm³/mol. The molecule has 0 aromatic carbocycles. The van der Waals surface area contributed by atoms with Crippen LogP contribution in [0.3, 0.4) is 0 Å². The lowest BCUT2D eigenvalue weighted by atomic mass is 9.88. The zero-order valence-corrected chi connectivity index (χ0v) is 9.50. The van der Waals surface area contributed by atoms with Gasteiger partial charge in [0.05, 0.1) is 6.10 Å². The molecule has 0 spiro atoms. The highest BCUT2D eigenvalue weighted by molar-refractivity contribution is 4.93. The van der Waals surface area contributed by atoms with Crippen LogP contribution in [-0.2, 0) is 0 Å². The third kappa shape index (κ3) is 1.96. The van der Waals surface area contributed by atoms with Crippen molar-refractivity contribution in [2.75, 3.05) is 6.54 Å². The van der Waals surface area contributed by atoms with Crippen LogP contribution >= 0.6 is 0 Å². The molecule has 2 heteroatoms. The Hall–Kier alpha value is -0.0800. The van der Waals surface area contributed by atoms with Gasteiger partial charge in [-0.25, -0.2) is 0 Å². The fourth-order valence-electron chi connectivity index (χ4n) is 3.18. The number of likely N-dealkylation sites (tertiary alicyclic amines) is 1. The molecule has 2 rings (SSSR count). The molecular weight excluding hydrogens is 174 g/mol. The quantitative estimate of drug-likeness (QED) is 0.696. The number of piperidine rings is 1. The van der Waals surface area contributed by atoms with Crippen LogP contribution in [0.25, 0.3) is 0 Å². The Labute approximate surface area is 87.3 Å². The summed E-state index contributed by atoms with van der Waals surface area (Å²) in [5.74, 6) is 0. The van der Waals surface area contributed by atoms with Crippen molar-refractivity contribution in [1.29, 1.82) is 0 Å². The van der Waals surface area contributed by atoms with Gasteiger partial charge in [0.1, 0.15) is 0 Å². The molecule has 2 atom stereocenters. The first-order chi connectivity index (χ1) is 6.59. The van der Waals surface area contributed by atoms with Crippen LogP contribution in [-0.4, -0.2) is 34.2 Å². The standard InChI is InChI=1S/C12H23NO/c1-12(2)7-3-4-8-13(12)10-5-6-11(14)9-10/h10-11,14H,3-9H2,1-2H3. The fraction of sp³-hybridized carbons (Fsp3) is 1.00. The summed E-state index contributed by atoms with van der Waals surface area (Å²) in [5.41, 5.74) is 0.368. The Balaban J connectivity index is 2.01. The SMILES string of the molecule is CC1(C)CCCCN1C1CCC(O)C1. The molecule has 82 valence electrons. The van der Waals surface area contributed by atoms with E-state index in [2.05, 4.69) is 18.7 Å². The van der Waals surface area contributed by atoms with Crippen molar-refractivity contribution in [2.24, 2.45) is 0 Å². The fourth-order valence-corrected chi connectivity index (χ4v) is 3.18. The second kappa shape index (κ2) is 3.82. The summed E-state index contributed by atoms with van der Waals surface area (Å²) in [6.45, 7) is 5.96. The zero-order chi connectivity index (χ0) is 10.2. The van der Waals surface area contributed by atoms with Gasteiger partial charge in [0, 0.05) is 11.6 Å². The molecule has 0 radical (unpaired) electrons. The van der Waals surface area contributed by atoms with Gasteiger partial charge in [-0.05, 0) is 52.5 Å². The van der Waals surface area contributed by atoms with Gasteiger partial charge in [-0.15, -0.1) is 0 Å². The van der Waals surface area contributed by atoms with E-state index in [0.717, 1.165) is 12.8 Å². The van der Waals surface area contributed by atoms with Crippen LogP contribution in [0, 0.1) is 0 Å². The zero-order valence-electron chi connectivity index (χ0n) is 9.50. The smallest absolute Gasteiger partial charge is 0.0555 e. The molecule has 0 aromatic rings. The summed E-state index contributed by atoms with van der Waals surface area (Å²) < 4.78 is 0. The molecule has 1 saturated carbocycles. The normalized spacial score (nSPS) is 38.8. The molecule has 1 saturated heterocycles. The molecule has 1 N–H and O–H groups in total. The largest absolute Gasteiger partial charge is 0.393 e. The lowest BCUT2D eigenvalue weighted by molar-refractivity contribution is 0.0298. The van der Waals surface area contributed by atoms with E-state index in [4.69, 9.17) is 0 Å². The summed E-state index contributed by atoms with van der Waals surface area (Å²) in [6.07, 6.45) is 7.22. The van der Waals surface area contributed by atoms with E-state index in [0.29, 0.717) is 11.6 Å². The molecular formula is C12H23NO. The van der Waals surface area contributed by atoms with Gasteiger partial charge in [0.2, 0.25) is 0 Å². The van der Waals surface area contributed by atoms with Crippen molar-refractivity contribution in [3.05, 3.63) is 0 Å². The predicted octanol–water partition coefficient (Wildman–Crippen LogP) is 2.16. The van der Waals surface area contributed by atoms with Gasteiger partial charge in [-0.3, -0.25) is 4.90 Å². The van der Waals surface area contributed by atoms with Crippen molar-refractivity contribution < 1.29 is 5.11 Å². The molecule has 2 aliphatic rings. The lowest BCUT2D eigenvalue weighted by Crippen LogP contribution is -2.52. The van der Waals surface area contributed by atoms with Gasteiger partial charge < -0.3 is 5.11 Å². The van der Waals surface area contributed by atoms with E-state index in [1.54, 1.807) is 0 Å². The lowest BCUT2D eigenvalue weighted by Gasteiger charge is -2.46. The molecule has 2 unspecified atom stereocenters. The van der Waals surface area contributed by atoms with E-state index >= 15 is 0 Å². The first-order valence-corrected chi connectivity index (χ1v) is 6.04. The first kappa shape index (κ1) is 10.4. The van der Waals surface area contributed by atoms with Gasteiger partial charge in [-0.1, -0.05) is 6.42 Å². The van der Waals surface area contributed by atoms with Crippen molar-refractivity contribution >= 4 is 0 Å². The van der Waals surface area contributed by atoms with Crippen LogP contribution in [0.1, 0.15) is 52.4 Å². The van der Waals surface area contributed by atoms with Gasteiger partial charge >= 0.3 is 0 Å². The molecule has 2 fully saturated rings. The highest BCUT2D eigenvalue weighted by Gasteiger charge is 2.37. The Kier molecular flexibility index (Phi) is 2.85. The minimum atomic E-state index is -0.0299. The van der Waals surface area contributed by atoms with Crippen LogP contribution in [0.4, 0.5) is 0 Å². The van der Waals surface area contributed by atoms with E-state index in [-0.39, 0.29) is 6.10 Å². The van der Waals surface area contributed by atoms with Crippen molar-refractivity contribution in [2.45, 2.75) is 70.1 Å². The Morgan fingerprint density at radius 2 is 2.00 bits per heavy atom. The molecule has 1 aliphatic carbocycles. The minimum Gasteiger partial charge on any atom is -0.393 e. The van der Waals surface area contributed by atoms with Gasteiger partial charge in [0.25, 0.3) is 0 Å². The van der Waals surface area contributed by atoms with Gasteiger partial charge in [0.15, 0.2) is 0 Å². The maximum atomic E-state index is 9.57. The minimum absolute atomic E-state index is 0.0299. The third-order valence-electron chi connectivity index (χ3n) is 4.03. The van der Waals surface area contributed by atoms with Crippen LogP contribution in [0.2, 0.25) is 0 Å². The van der Waals surface area contributed by atoms with Crippen molar-refractivity contribution in [3.63, 3.8) is 0 Å². The summed E-state index contributed by atoms with van der Waals surface area (Å²) in [6, 6.07) is 0.653. The average molecular weight is 197 g/mol. The van der Waals surface area contributed by atoms with Gasteiger partial charge in [-0.2, -0.15) is 0 Å². The molecule has 14 heavy (non-hydrogen) atoms. The highest BCUT2D eigenvalue weighted by Crippen LogP contribution is 2.35. The average Bonchev–Trinajstić information content (AvgIpc) is 2.51. The van der Waals surface area contributed by atoms with E-state index in [9.17, 15) is 5.11 Å². The van der Waals surface area contributed by atoms with Crippen molar-refractivity contribution in [1.82, 2.24) is 4.90 Å². The topological polar surface area (TPSA) is 23.5 Å². The Morgan fingerprint density at radius 1 is 1.21 bits per heavy atom. The molecule has 2 nitrogen and oxygen atoms in total.